The van der Waals surface area contributed by atoms with E-state index in [0.717, 1.165) is 50.5 Å². The molecule has 0 bridgehead atoms. The van der Waals surface area contributed by atoms with E-state index < -0.39 is 0 Å². The van der Waals surface area contributed by atoms with E-state index in [4.69, 9.17) is 14.7 Å². The molecule has 6 rings (SSSR count). The monoisotopic (exact) mass is 471 g/mol. The number of ether oxygens (including phenoxy) is 1. The third-order valence-corrected chi connectivity index (χ3v) is 6.88. The Morgan fingerprint density at radius 1 is 1.15 bits per heavy atom. The fraction of sp³-hybridized carbons (Fsp3) is 0.208. The number of anilines is 1. The van der Waals surface area contributed by atoms with Crippen LogP contribution in [0.15, 0.2) is 54.9 Å². The van der Waals surface area contributed by atoms with Crippen molar-refractivity contribution < 1.29 is 9.53 Å². The highest BCUT2D eigenvalue weighted by Crippen LogP contribution is 2.35. The molecule has 0 unspecified atom stereocenters. The van der Waals surface area contributed by atoms with Crippen LogP contribution in [0.25, 0.3) is 32.5 Å². The molecule has 5 aromatic rings. The molecule has 1 aliphatic heterocycles. The third kappa shape index (κ3) is 3.87. The maximum atomic E-state index is 12.5. The second kappa shape index (κ2) is 8.81. The first-order valence-electron chi connectivity index (χ1n) is 11.0. The summed E-state index contributed by atoms with van der Waals surface area (Å²) >= 11 is 1.60. The van der Waals surface area contributed by atoms with Crippen LogP contribution in [0.4, 0.5) is 5.82 Å². The predicted molar refractivity (Wildman–Crippen MR) is 131 cm³/mol. The fourth-order valence-corrected chi connectivity index (χ4v) is 5.13. The van der Waals surface area contributed by atoms with Crippen LogP contribution in [0.3, 0.4) is 0 Å². The molecule has 170 valence electrons. The van der Waals surface area contributed by atoms with Crippen LogP contribution in [0.5, 0.6) is 0 Å². The normalized spacial score (nSPS) is 14.1. The van der Waals surface area contributed by atoms with Gasteiger partial charge in [0.2, 0.25) is 0 Å². The first-order chi connectivity index (χ1) is 16.8. The predicted octanol–water partition coefficient (Wildman–Crippen LogP) is 3.40. The van der Waals surface area contributed by atoms with Gasteiger partial charge in [0.15, 0.2) is 11.6 Å². The summed E-state index contributed by atoms with van der Waals surface area (Å²) in [6.07, 6.45) is 3.42. The molecule has 0 atom stereocenters. The lowest BCUT2D eigenvalue weighted by atomic mass is 10.1. The van der Waals surface area contributed by atoms with Gasteiger partial charge in [-0.1, -0.05) is 18.2 Å². The smallest absolute Gasteiger partial charge is 0.270 e. The number of aromatic amines is 1. The minimum atomic E-state index is -0.204. The molecule has 0 aliphatic carbocycles. The van der Waals surface area contributed by atoms with E-state index in [-0.39, 0.29) is 5.91 Å². The molecule has 1 aromatic carbocycles. The number of H-pyrrole nitrogens is 1. The summed E-state index contributed by atoms with van der Waals surface area (Å²) in [5, 5.41) is 11.1. The average Bonchev–Trinajstić information content (AvgIpc) is 3.54. The summed E-state index contributed by atoms with van der Waals surface area (Å²) in [5.41, 5.74) is 3.13. The maximum Gasteiger partial charge on any atom is 0.270 e. The Kier molecular flexibility index (Phi) is 5.36. The number of morpholine rings is 1. The number of benzene rings is 1. The van der Waals surface area contributed by atoms with Gasteiger partial charge in [-0.2, -0.15) is 5.10 Å². The Balaban J connectivity index is 1.39. The van der Waals surface area contributed by atoms with E-state index in [1.165, 1.54) is 0 Å². The van der Waals surface area contributed by atoms with Crippen molar-refractivity contribution in [3.63, 3.8) is 0 Å². The third-order valence-electron chi connectivity index (χ3n) is 5.76. The largest absolute Gasteiger partial charge is 0.378 e. The SMILES string of the molecule is O=C(NCc1cc2nc(-c3cccc4[nH]ncc34)nc(N3CCOCC3)c2s1)c1ccccn1. The van der Waals surface area contributed by atoms with E-state index in [0.29, 0.717) is 31.3 Å². The van der Waals surface area contributed by atoms with Gasteiger partial charge in [-0.15, -0.1) is 11.3 Å². The number of aromatic nitrogens is 5. The number of amides is 1. The molecule has 0 spiro atoms. The standard InChI is InChI=1S/C24H21N7O2S/c32-24(19-5-1-2-7-25-19)26-13-15-12-20-21(34-15)23(31-8-10-33-11-9-31)29-22(28-20)16-4-3-6-18-17(16)14-27-30-18/h1-7,12,14H,8-11,13H2,(H,26,32)(H,27,30). The van der Waals surface area contributed by atoms with Crippen molar-refractivity contribution in [2.24, 2.45) is 0 Å². The maximum absolute atomic E-state index is 12.5. The Morgan fingerprint density at radius 2 is 2.06 bits per heavy atom. The average molecular weight is 472 g/mol. The first kappa shape index (κ1) is 20.7. The molecule has 0 radical (unpaired) electrons. The minimum Gasteiger partial charge on any atom is -0.378 e. The Hall–Kier alpha value is -3.89. The number of carbonyl (C=O) groups is 1. The second-order valence-electron chi connectivity index (χ2n) is 7.93. The molecule has 4 aromatic heterocycles. The number of fused-ring (bicyclic) bond motifs is 2. The van der Waals surface area contributed by atoms with Gasteiger partial charge >= 0.3 is 0 Å². The second-order valence-corrected chi connectivity index (χ2v) is 9.07. The van der Waals surface area contributed by atoms with Crippen molar-refractivity contribution in [1.29, 1.82) is 0 Å². The quantitative estimate of drug-likeness (QED) is 0.404. The molecule has 1 amide bonds. The van der Waals surface area contributed by atoms with Crippen molar-refractivity contribution in [3.05, 3.63) is 65.4 Å². The fourth-order valence-electron chi connectivity index (χ4n) is 4.08. The van der Waals surface area contributed by atoms with Gasteiger partial charge in [0.1, 0.15) is 5.69 Å². The van der Waals surface area contributed by atoms with Crippen LogP contribution in [-0.2, 0) is 11.3 Å². The van der Waals surface area contributed by atoms with Gasteiger partial charge < -0.3 is 15.0 Å². The van der Waals surface area contributed by atoms with E-state index in [2.05, 4.69) is 25.4 Å². The lowest BCUT2D eigenvalue weighted by Gasteiger charge is -2.28. The molecule has 2 N–H and O–H groups in total. The van der Waals surface area contributed by atoms with Gasteiger partial charge in [0.05, 0.1) is 41.7 Å². The number of nitrogens with one attached hydrogen (secondary N) is 2. The lowest BCUT2D eigenvalue weighted by Crippen LogP contribution is -2.36. The lowest BCUT2D eigenvalue weighted by molar-refractivity contribution is 0.0946. The molecule has 9 nitrogen and oxygen atoms in total. The highest BCUT2D eigenvalue weighted by molar-refractivity contribution is 7.19. The van der Waals surface area contributed by atoms with Crippen LogP contribution in [0.1, 0.15) is 15.4 Å². The first-order valence-corrected chi connectivity index (χ1v) is 11.8. The number of hydrogen-bond donors (Lipinski definition) is 2. The summed E-state index contributed by atoms with van der Waals surface area (Å²) in [6, 6.07) is 13.3. The van der Waals surface area contributed by atoms with Crippen LogP contribution in [-0.4, -0.2) is 57.4 Å². The molecule has 5 heterocycles. The van der Waals surface area contributed by atoms with Crippen molar-refractivity contribution in [2.75, 3.05) is 31.2 Å². The van der Waals surface area contributed by atoms with E-state index >= 15 is 0 Å². The zero-order valence-electron chi connectivity index (χ0n) is 18.2. The van der Waals surface area contributed by atoms with Gasteiger partial charge in [-0.05, 0) is 24.3 Å². The van der Waals surface area contributed by atoms with Gasteiger partial charge in [-0.25, -0.2) is 9.97 Å². The zero-order chi connectivity index (χ0) is 22.9. The van der Waals surface area contributed by atoms with Crippen LogP contribution in [0, 0.1) is 0 Å². The Morgan fingerprint density at radius 3 is 2.91 bits per heavy atom. The summed E-state index contributed by atoms with van der Waals surface area (Å²) in [6.45, 7) is 3.26. The van der Waals surface area contributed by atoms with Gasteiger partial charge in [0.25, 0.3) is 5.91 Å². The van der Waals surface area contributed by atoms with Crippen LogP contribution >= 0.6 is 11.3 Å². The number of pyridine rings is 1. The van der Waals surface area contributed by atoms with Crippen LogP contribution in [0.2, 0.25) is 0 Å². The molecule has 1 fully saturated rings. The summed E-state index contributed by atoms with van der Waals surface area (Å²) in [5.74, 6) is 1.35. The molecule has 1 aliphatic rings. The molecule has 0 saturated carbocycles. The molecular weight excluding hydrogens is 450 g/mol. The summed E-state index contributed by atoms with van der Waals surface area (Å²) in [4.78, 5) is 29.7. The number of rotatable bonds is 5. The zero-order valence-corrected chi connectivity index (χ0v) is 19.0. The molecular formula is C24H21N7O2S. The van der Waals surface area contributed by atoms with Gasteiger partial charge in [-0.3, -0.25) is 14.9 Å². The number of thiophene rings is 1. The van der Waals surface area contributed by atoms with Crippen molar-refractivity contribution in [1.82, 2.24) is 30.5 Å². The minimum absolute atomic E-state index is 0.204. The Bertz CT molecular complexity index is 1480. The van der Waals surface area contributed by atoms with E-state index in [1.807, 2.05) is 24.3 Å². The van der Waals surface area contributed by atoms with Gasteiger partial charge in [0, 0.05) is 35.1 Å². The van der Waals surface area contributed by atoms with E-state index in [9.17, 15) is 4.79 Å². The number of carbonyl (C=O) groups excluding carboxylic acids is 1. The molecule has 10 heteroatoms. The van der Waals surface area contributed by atoms with Crippen molar-refractivity contribution in [2.45, 2.75) is 6.54 Å². The summed E-state index contributed by atoms with van der Waals surface area (Å²) < 4.78 is 6.57. The van der Waals surface area contributed by atoms with Crippen molar-refractivity contribution in [3.8, 4) is 11.4 Å². The van der Waals surface area contributed by atoms with Crippen molar-refractivity contribution >= 4 is 44.2 Å². The molecule has 34 heavy (non-hydrogen) atoms. The molecule has 1 saturated heterocycles. The highest BCUT2D eigenvalue weighted by Gasteiger charge is 2.21. The Labute approximate surface area is 198 Å². The number of nitrogens with zero attached hydrogens (tertiary/aromatic N) is 5. The van der Waals surface area contributed by atoms with E-state index in [1.54, 1.807) is 41.9 Å². The number of hydrogen-bond acceptors (Lipinski definition) is 8. The highest BCUT2D eigenvalue weighted by atomic mass is 32.1. The topological polar surface area (TPSA) is 109 Å². The van der Waals surface area contributed by atoms with Crippen LogP contribution < -0.4 is 10.2 Å². The summed E-state index contributed by atoms with van der Waals surface area (Å²) in [7, 11) is 0.